The van der Waals surface area contributed by atoms with Crippen molar-refractivity contribution in [3.8, 4) is 17.2 Å². The van der Waals surface area contributed by atoms with E-state index >= 15 is 0 Å². The number of rotatable bonds is 10. The van der Waals surface area contributed by atoms with Crippen LogP contribution in [0.4, 0.5) is 22.7 Å². The molecule has 0 saturated carbocycles. The minimum absolute atomic E-state index is 0.199. The van der Waals surface area contributed by atoms with E-state index in [1.807, 2.05) is 49.4 Å². The zero-order valence-corrected chi connectivity index (χ0v) is 23.7. The van der Waals surface area contributed by atoms with Gasteiger partial charge < -0.3 is 14.9 Å². The quantitative estimate of drug-likeness (QED) is 0.155. The van der Waals surface area contributed by atoms with Crippen LogP contribution >= 0.6 is 0 Å². The second kappa shape index (κ2) is 15.8. The van der Waals surface area contributed by atoms with E-state index in [0.29, 0.717) is 11.4 Å². The summed E-state index contributed by atoms with van der Waals surface area (Å²) in [6, 6.07) is 25.4. The summed E-state index contributed by atoms with van der Waals surface area (Å²) < 4.78 is 5.84. The molecule has 40 heavy (non-hydrogen) atoms. The number of benzene rings is 4. The lowest BCUT2D eigenvalue weighted by molar-refractivity contribution is 0.303. The van der Waals surface area contributed by atoms with E-state index in [9.17, 15) is 5.11 Å². The van der Waals surface area contributed by atoms with Gasteiger partial charge in [0.2, 0.25) is 0 Å². The molecule has 4 aromatic carbocycles. The Bertz CT molecular complexity index is 1400. The van der Waals surface area contributed by atoms with Crippen LogP contribution in [0.2, 0.25) is 0 Å². The van der Waals surface area contributed by atoms with Gasteiger partial charge in [-0.3, -0.25) is 0 Å². The summed E-state index contributed by atoms with van der Waals surface area (Å²) in [5, 5.41) is 35.1. The number of phenolic OH excluding ortho intramolecular Hbond substituents is 2. The van der Waals surface area contributed by atoms with Crippen LogP contribution in [-0.2, 0) is 0 Å². The molecule has 0 saturated heterocycles. The Kier molecular flexibility index (Phi) is 11.9. The van der Waals surface area contributed by atoms with Crippen LogP contribution in [0.1, 0.15) is 49.3 Å². The van der Waals surface area contributed by atoms with Gasteiger partial charge in [-0.05, 0) is 111 Å². The summed E-state index contributed by atoms with van der Waals surface area (Å²) in [6.07, 6.45) is 4.88. The van der Waals surface area contributed by atoms with Gasteiger partial charge in [-0.1, -0.05) is 43.9 Å². The van der Waals surface area contributed by atoms with Gasteiger partial charge in [0.25, 0.3) is 0 Å². The summed E-state index contributed by atoms with van der Waals surface area (Å²) in [4.78, 5) is 0. The molecular weight excluding hydrogens is 500 g/mol. The fourth-order valence-corrected chi connectivity index (χ4v) is 3.63. The lowest BCUT2D eigenvalue weighted by atomic mass is 10.2. The molecule has 0 aromatic heterocycles. The van der Waals surface area contributed by atoms with Gasteiger partial charge in [-0.25, -0.2) is 0 Å². The third-order valence-corrected chi connectivity index (χ3v) is 6.04. The van der Waals surface area contributed by atoms with Gasteiger partial charge in [0, 0.05) is 0 Å². The monoisotopic (exact) mass is 538 g/mol. The Labute approximate surface area is 236 Å². The van der Waals surface area contributed by atoms with Gasteiger partial charge in [-0.15, -0.1) is 0 Å². The first-order valence-electron chi connectivity index (χ1n) is 13.6. The van der Waals surface area contributed by atoms with Crippen molar-refractivity contribution < 1.29 is 14.9 Å². The zero-order valence-electron chi connectivity index (χ0n) is 23.7. The highest BCUT2D eigenvalue weighted by Gasteiger charge is 2.01. The van der Waals surface area contributed by atoms with Crippen LogP contribution in [0.5, 0.6) is 17.2 Å². The summed E-state index contributed by atoms with van der Waals surface area (Å²) >= 11 is 0. The molecule has 0 aliphatic heterocycles. The molecule has 0 bridgehead atoms. The molecular formula is C33H38N4O3. The maximum atomic E-state index is 9.36. The fraction of sp³-hybridized carbons (Fsp3) is 0.273. The number of ether oxygens (including phenoxy) is 1. The summed E-state index contributed by atoms with van der Waals surface area (Å²) in [5.74, 6) is 1.38. The van der Waals surface area contributed by atoms with E-state index < -0.39 is 0 Å². The molecule has 208 valence electrons. The highest BCUT2D eigenvalue weighted by atomic mass is 16.5. The average Bonchev–Trinajstić information content (AvgIpc) is 2.95. The van der Waals surface area contributed by atoms with Crippen molar-refractivity contribution in [2.24, 2.45) is 20.5 Å². The normalized spacial score (nSPS) is 11.0. The van der Waals surface area contributed by atoms with Gasteiger partial charge in [0.1, 0.15) is 17.2 Å². The van der Waals surface area contributed by atoms with Crippen molar-refractivity contribution in [2.45, 2.75) is 53.4 Å². The minimum Gasteiger partial charge on any atom is -0.508 e. The van der Waals surface area contributed by atoms with Crippen molar-refractivity contribution in [1.29, 1.82) is 0 Å². The Balaban J connectivity index is 0.000000230. The second-order valence-corrected chi connectivity index (χ2v) is 9.58. The summed E-state index contributed by atoms with van der Waals surface area (Å²) in [6.45, 7) is 8.91. The minimum atomic E-state index is 0.199. The highest BCUT2D eigenvalue weighted by molar-refractivity contribution is 5.48. The molecule has 0 aliphatic carbocycles. The number of nitrogens with zero attached hydrogens (tertiary/aromatic N) is 4. The molecule has 2 N–H and O–H groups in total. The van der Waals surface area contributed by atoms with E-state index in [-0.39, 0.29) is 11.5 Å². The summed E-state index contributed by atoms with van der Waals surface area (Å²) in [7, 11) is 0. The van der Waals surface area contributed by atoms with Crippen molar-refractivity contribution in [1.82, 2.24) is 0 Å². The van der Waals surface area contributed by atoms with Crippen molar-refractivity contribution in [2.75, 3.05) is 6.61 Å². The molecule has 0 unspecified atom stereocenters. The van der Waals surface area contributed by atoms with Crippen molar-refractivity contribution >= 4 is 22.7 Å². The molecule has 0 spiro atoms. The van der Waals surface area contributed by atoms with Crippen LogP contribution in [0, 0.1) is 20.8 Å². The molecule has 7 nitrogen and oxygen atoms in total. The van der Waals surface area contributed by atoms with Crippen LogP contribution in [0.3, 0.4) is 0 Å². The lowest BCUT2D eigenvalue weighted by Gasteiger charge is -2.09. The van der Waals surface area contributed by atoms with Gasteiger partial charge in [0.15, 0.2) is 0 Å². The Morgan fingerprint density at radius 2 is 1.10 bits per heavy atom. The van der Waals surface area contributed by atoms with E-state index in [1.165, 1.54) is 24.8 Å². The van der Waals surface area contributed by atoms with E-state index in [1.54, 1.807) is 49.4 Å². The van der Waals surface area contributed by atoms with Crippen LogP contribution in [0.15, 0.2) is 105 Å². The number of hydrogen-bond donors (Lipinski definition) is 2. The number of phenols is 2. The molecule has 0 radical (unpaired) electrons. The smallest absolute Gasteiger partial charge is 0.122 e. The number of unbranched alkanes of at least 4 members (excludes halogenated alkanes) is 3. The van der Waals surface area contributed by atoms with E-state index in [0.717, 1.165) is 41.3 Å². The first-order valence-corrected chi connectivity index (χ1v) is 13.6. The first-order chi connectivity index (χ1) is 19.3. The van der Waals surface area contributed by atoms with Crippen LogP contribution in [0.25, 0.3) is 0 Å². The summed E-state index contributed by atoms with van der Waals surface area (Å²) in [5.41, 5.74) is 6.13. The Morgan fingerprint density at radius 3 is 1.68 bits per heavy atom. The van der Waals surface area contributed by atoms with Crippen LogP contribution < -0.4 is 4.74 Å². The molecule has 7 heteroatoms. The molecule has 0 aliphatic rings. The lowest BCUT2D eigenvalue weighted by Crippen LogP contribution is -1.98. The molecule has 0 amide bonds. The second-order valence-electron chi connectivity index (χ2n) is 9.58. The molecule has 0 heterocycles. The predicted octanol–water partition coefficient (Wildman–Crippen LogP) is 10.5. The number of azo groups is 2. The highest BCUT2D eigenvalue weighted by Crippen LogP contribution is 2.26. The van der Waals surface area contributed by atoms with Gasteiger partial charge in [-0.2, -0.15) is 20.5 Å². The van der Waals surface area contributed by atoms with Gasteiger partial charge >= 0.3 is 0 Å². The maximum absolute atomic E-state index is 9.36. The van der Waals surface area contributed by atoms with Crippen molar-refractivity contribution in [3.05, 3.63) is 102 Å². The SMILES string of the molecule is CCCCCCOc1ccc(N=Nc2ccc(C)cc2)cc1C.Cc1cc(N=Nc2ccc(O)cc2)ccc1O. The first kappa shape index (κ1) is 30.0. The zero-order chi connectivity index (χ0) is 28.7. The topological polar surface area (TPSA) is 99.1 Å². The molecule has 0 fully saturated rings. The number of aryl methyl sites for hydroxylation is 3. The van der Waals surface area contributed by atoms with Crippen molar-refractivity contribution in [3.63, 3.8) is 0 Å². The molecule has 0 atom stereocenters. The van der Waals surface area contributed by atoms with E-state index in [2.05, 4.69) is 34.3 Å². The standard InChI is InChI=1S/C20H26N2O.C13H12N2O2/c1-4-5-6-7-14-23-20-13-12-19(15-17(20)3)22-21-18-10-8-16(2)9-11-18;1-9-8-11(4-7-13(9)17)15-14-10-2-5-12(16)6-3-10/h8-13,15H,4-7,14H2,1-3H3;2-8,16-17H,1H3. The van der Waals surface area contributed by atoms with Gasteiger partial charge in [0.05, 0.1) is 29.4 Å². The third kappa shape index (κ3) is 10.3. The number of hydrogen-bond acceptors (Lipinski definition) is 7. The largest absolute Gasteiger partial charge is 0.508 e. The predicted molar refractivity (Wildman–Crippen MR) is 161 cm³/mol. The maximum Gasteiger partial charge on any atom is 0.122 e. The number of aromatic hydroxyl groups is 2. The molecule has 4 aromatic rings. The van der Waals surface area contributed by atoms with E-state index in [4.69, 9.17) is 9.84 Å². The third-order valence-electron chi connectivity index (χ3n) is 6.04. The Morgan fingerprint density at radius 1 is 0.575 bits per heavy atom. The average molecular weight is 539 g/mol. The molecule has 4 rings (SSSR count). The van der Waals surface area contributed by atoms with Crippen LogP contribution in [-0.4, -0.2) is 16.8 Å². The fourth-order valence-electron chi connectivity index (χ4n) is 3.63. The Hall–Kier alpha value is -4.52.